The lowest BCUT2D eigenvalue weighted by Crippen LogP contribution is -2.36. The third-order valence-electron chi connectivity index (χ3n) is 3.44. The molecule has 18 heavy (non-hydrogen) atoms. The Balaban J connectivity index is 1.97. The zero-order chi connectivity index (χ0) is 13.0. The van der Waals surface area contributed by atoms with E-state index in [2.05, 4.69) is 30.2 Å². The minimum Gasteiger partial charge on any atom is -0.360 e. The molecule has 0 aliphatic heterocycles. The molecule has 0 spiro atoms. The van der Waals surface area contributed by atoms with E-state index in [1.165, 1.54) is 4.70 Å². The van der Waals surface area contributed by atoms with Crippen LogP contribution in [0.3, 0.4) is 0 Å². The van der Waals surface area contributed by atoms with Crippen LogP contribution in [0.25, 0.3) is 10.2 Å². The van der Waals surface area contributed by atoms with E-state index in [0.717, 1.165) is 30.0 Å². The van der Waals surface area contributed by atoms with Crippen LogP contribution in [-0.4, -0.2) is 17.6 Å². The number of aromatic nitrogens is 1. The molecule has 1 aromatic carbocycles. The smallest absolute Gasteiger partial charge is 0.183 e. The lowest BCUT2D eigenvalue weighted by atomic mass is 9.95. The first-order valence-corrected chi connectivity index (χ1v) is 7.41. The molecule has 2 aromatic rings. The number of nitrogens with zero attached hydrogens (tertiary/aromatic N) is 1. The summed E-state index contributed by atoms with van der Waals surface area (Å²) in [5.41, 5.74) is 7.25. The van der Waals surface area contributed by atoms with Gasteiger partial charge in [-0.15, -0.1) is 0 Å². The van der Waals surface area contributed by atoms with Crippen LogP contribution in [0.1, 0.15) is 26.7 Å². The molecule has 0 aliphatic carbocycles. The largest absolute Gasteiger partial charge is 0.360 e. The van der Waals surface area contributed by atoms with Gasteiger partial charge in [0.1, 0.15) is 0 Å². The van der Waals surface area contributed by atoms with Gasteiger partial charge in [0.05, 0.1) is 10.2 Å². The number of nitrogens with two attached hydrogens (primary N) is 1. The highest BCUT2D eigenvalue weighted by atomic mass is 32.1. The predicted octanol–water partition coefficient (Wildman–Crippen LogP) is 3.47. The number of nitrogens with one attached hydrogen (secondary N) is 1. The van der Waals surface area contributed by atoms with Crippen LogP contribution < -0.4 is 11.1 Å². The average molecular weight is 263 g/mol. The Labute approximate surface area is 112 Å². The molecular formula is C14H21N3S. The second kappa shape index (κ2) is 6.16. The fourth-order valence-electron chi connectivity index (χ4n) is 2.21. The standard InChI is InChI=1S/C14H21N3S/c1-3-10(4-2)11(15)9-16-14-17-12-7-5-6-8-13(12)18-14/h5-8,10-11H,3-4,9,15H2,1-2H3,(H,16,17). The maximum absolute atomic E-state index is 6.20. The molecule has 1 unspecified atom stereocenters. The monoisotopic (exact) mass is 263 g/mol. The van der Waals surface area contributed by atoms with Crippen molar-refractivity contribution in [3.05, 3.63) is 24.3 Å². The molecule has 2 rings (SSSR count). The minimum atomic E-state index is 0.201. The number of rotatable bonds is 6. The fourth-order valence-corrected chi connectivity index (χ4v) is 3.09. The van der Waals surface area contributed by atoms with Crippen molar-refractivity contribution < 1.29 is 0 Å². The number of hydrogen-bond donors (Lipinski definition) is 2. The van der Waals surface area contributed by atoms with Crippen LogP contribution in [0, 0.1) is 5.92 Å². The van der Waals surface area contributed by atoms with Gasteiger partial charge < -0.3 is 11.1 Å². The van der Waals surface area contributed by atoms with Gasteiger partial charge in [-0.1, -0.05) is 50.2 Å². The third-order valence-corrected chi connectivity index (χ3v) is 4.43. The Morgan fingerprint density at radius 3 is 2.67 bits per heavy atom. The van der Waals surface area contributed by atoms with Crippen LogP contribution in [-0.2, 0) is 0 Å². The molecule has 4 heteroatoms. The molecule has 0 fully saturated rings. The first kappa shape index (κ1) is 13.3. The van der Waals surface area contributed by atoms with Gasteiger partial charge in [-0.3, -0.25) is 0 Å². The number of hydrogen-bond acceptors (Lipinski definition) is 4. The molecule has 1 heterocycles. The summed E-state index contributed by atoms with van der Waals surface area (Å²) in [6.07, 6.45) is 2.28. The van der Waals surface area contributed by atoms with Gasteiger partial charge in [0, 0.05) is 12.6 Å². The van der Waals surface area contributed by atoms with Gasteiger partial charge in [-0.25, -0.2) is 4.98 Å². The van der Waals surface area contributed by atoms with E-state index < -0.39 is 0 Å². The van der Waals surface area contributed by atoms with Gasteiger partial charge in [-0.2, -0.15) is 0 Å². The first-order valence-electron chi connectivity index (χ1n) is 6.59. The summed E-state index contributed by atoms with van der Waals surface area (Å²) in [5.74, 6) is 0.590. The molecule has 0 radical (unpaired) electrons. The quantitative estimate of drug-likeness (QED) is 0.839. The maximum atomic E-state index is 6.20. The SMILES string of the molecule is CCC(CC)C(N)CNc1nc2ccccc2s1. The third kappa shape index (κ3) is 3.00. The summed E-state index contributed by atoms with van der Waals surface area (Å²) in [4.78, 5) is 4.55. The summed E-state index contributed by atoms with van der Waals surface area (Å²) in [7, 11) is 0. The van der Waals surface area contributed by atoms with Crippen LogP contribution in [0.4, 0.5) is 5.13 Å². The average Bonchev–Trinajstić information content (AvgIpc) is 2.80. The van der Waals surface area contributed by atoms with E-state index in [-0.39, 0.29) is 6.04 Å². The summed E-state index contributed by atoms with van der Waals surface area (Å²) in [5, 5.41) is 4.34. The molecule has 0 saturated heterocycles. The molecule has 0 aliphatic rings. The van der Waals surface area contributed by atoms with Gasteiger partial charge >= 0.3 is 0 Å². The van der Waals surface area contributed by atoms with E-state index in [0.29, 0.717) is 5.92 Å². The summed E-state index contributed by atoms with van der Waals surface area (Å²) >= 11 is 1.69. The van der Waals surface area contributed by atoms with Crippen molar-refractivity contribution in [3.63, 3.8) is 0 Å². The molecular weight excluding hydrogens is 242 g/mol. The van der Waals surface area contributed by atoms with Crippen molar-refractivity contribution in [2.45, 2.75) is 32.7 Å². The van der Waals surface area contributed by atoms with Crippen LogP contribution in [0.5, 0.6) is 0 Å². The van der Waals surface area contributed by atoms with Crippen molar-refractivity contribution >= 4 is 26.7 Å². The van der Waals surface area contributed by atoms with Gasteiger partial charge in [0.2, 0.25) is 0 Å². The Morgan fingerprint density at radius 2 is 2.00 bits per heavy atom. The van der Waals surface area contributed by atoms with E-state index in [1.54, 1.807) is 11.3 Å². The summed E-state index contributed by atoms with van der Waals surface area (Å²) in [6.45, 7) is 5.20. The van der Waals surface area contributed by atoms with Gasteiger partial charge in [-0.05, 0) is 18.1 Å². The van der Waals surface area contributed by atoms with Crippen LogP contribution >= 0.6 is 11.3 Å². The molecule has 1 atom stereocenters. The van der Waals surface area contributed by atoms with Gasteiger partial charge in [0.25, 0.3) is 0 Å². The molecule has 3 N–H and O–H groups in total. The number of benzene rings is 1. The molecule has 1 aromatic heterocycles. The molecule has 0 amide bonds. The first-order chi connectivity index (χ1) is 8.74. The maximum Gasteiger partial charge on any atom is 0.183 e. The fraction of sp³-hybridized carbons (Fsp3) is 0.500. The highest BCUT2D eigenvalue weighted by Gasteiger charge is 2.14. The number of thiazole rings is 1. The Bertz CT molecular complexity index is 457. The van der Waals surface area contributed by atoms with Crippen molar-refractivity contribution in [2.75, 3.05) is 11.9 Å². The molecule has 3 nitrogen and oxygen atoms in total. The number of anilines is 1. The van der Waals surface area contributed by atoms with E-state index >= 15 is 0 Å². The van der Waals surface area contributed by atoms with Crippen molar-refractivity contribution in [1.29, 1.82) is 0 Å². The van der Waals surface area contributed by atoms with Crippen molar-refractivity contribution in [1.82, 2.24) is 4.98 Å². The highest BCUT2D eigenvalue weighted by molar-refractivity contribution is 7.22. The second-order valence-corrected chi connectivity index (χ2v) is 5.64. The van der Waals surface area contributed by atoms with E-state index in [1.807, 2.05) is 18.2 Å². The molecule has 0 bridgehead atoms. The Hall–Kier alpha value is -1.13. The molecule has 0 saturated carbocycles. The van der Waals surface area contributed by atoms with E-state index in [9.17, 15) is 0 Å². The predicted molar refractivity (Wildman–Crippen MR) is 80.2 cm³/mol. The van der Waals surface area contributed by atoms with Crippen LogP contribution in [0.2, 0.25) is 0 Å². The van der Waals surface area contributed by atoms with Crippen LogP contribution in [0.15, 0.2) is 24.3 Å². The normalized spacial score (nSPS) is 13.1. The second-order valence-electron chi connectivity index (χ2n) is 4.61. The minimum absolute atomic E-state index is 0.201. The van der Waals surface area contributed by atoms with Gasteiger partial charge in [0.15, 0.2) is 5.13 Å². The highest BCUT2D eigenvalue weighted by Crippen LogP contribution is 2.25. The zero-order valence-electron chi connectivity index (χ0n) is 11.0. The number of fused-ring (bicyclic) bond motifs is 1. The Kier molecular flexibility index (Phi) is 4.55. The lowest BCUT2D eigenvalue weighted by Gasteiger charge is -2.21. The lowest BCUT2D eigenvalue weighted by molar-refractivity contribution is 0.407. The van der Waals surface area contributed by atoms with E-state index in [4.69, 9.17) is 5.73 Å². The molecule has 98 valence electrons. The van der Waals surface area contributed by atoms with Crippen molar-refractivity contribution in [2.24, 2.45) is 11.7 Å². The summed E-state index contributed by atoms with van der Waals surface area (Å²) < 4.78 is 1.22. The zero-order valence-corrected chi connectivity index (χ0v) is 11.8. The Morgan fingerprint density at radius 1 is 1.28 bits per heavy atom. The number of para-hydroxylation sites is 1. The van der Waals surface area contributed by atoms with Crippen molar-refractivity contribution in [3.8, 4) is 0 Å². The summed E-state index contributed by atoms with van der Waals surface area (Å²) in [6, 6.07) is 8.39. The topological polar surface area (TPSA) is 50.9 Å².